The lowest BCUT2D eigenvalue weighted by molar-refractivity contribution is -0.145. The van der Waals surface area contributed by atoms with E-state index in [0.717, 1.165) is 26.2 Å². The molecular formula is C10H21N3O2. The van der Waals surface area contributed by atoms with Gasteiger partial charge in [0.1, 0.15) is 6.04 Å². The van der Waals surface area contributed by atoms with Crippen molar-refractivity contribution >= 4 is 5.97 Å². The number of hydrogen-bond donors (Lipinski definition) is 1. The van der Waals surface area contributed by atoms with Crippen molar-refractivity contribution in [2.45, 2.75) is 6.04 Å². The lowest BCUT2D eigenvalue weighted by Crippen LogP contribution is -2.56. The zero-order valence-electron chi connectivity index (χ0n) is 9.81. The zero-order chi connectivity index (χ0) is 11.4. The molecule has 1 fully saturated rings. The average Bonchev–Trinajstić information content (AvgIpc) is 2.15. The molecule has 0 aromatic carbocycles. The zero-order valence-corrected chi connectivity index (χ0v) is 9.81. The summed E-state index contributed by atoms with van der Waals surface area (Å²) in [4.78, 5) is 17.3. The van der Waals surface area contributed by atoms with Crippen molar-refractivity contribution in [2.24, 2.45) is 0 Å². The van der Waals surface area contributed by atoms with Gasteiger partial charge in [0, 0.05) is 32.7 Å². The topological polar surface area (TPSA) is 47.0 Å². The monoisotopic (exact) mass is 215 g/mol. The van der Waals surface area contributed by atoms with Crippen LogP contribution in [0.4, 0.5) is 0 Å². The van der Waals surface area contributed by atoms with Crippen molar-refractivity contribution in [3.05, 3.63) is 0 Å². The Morgan fingerprint density at radius 3 is 2.67 bits per heavy atom. The summed E-state index contributed by atoms with van der Waals surface area (Å²) in [5, 5.41) is 9.11. The third-order valence-corrected chi connectivity index (χ3v) is 2.81. The van der Waals surface area contributed by atoms with Gasteiger partial charge in [0.2, 0.25) is 0 Å². The van der Waals surface area contributed by atoms with E-state index in [9.17, 15) is 4.79 Å². The highest BCUT2D eigenvalue weighted by Gasteiger charge is 2.30. The molecule has 1 heterocycles. The quantitative estimate of drug-likeness (QED) is 0.668. The standard InChI is InChI=1S/C10H21N3O2/c1-11(2)4-6-13-7-5-12(3)8-9(13)10(14)15/h9H,4-8H2,1-3H3,(H,14,15). The number of hydrogen-bond acceptors (Lipinski definition) is 4. The van der Waals surface area contributed by atoms with Crippen molar-refractivity contribution in [1.82, 2.24) is 14.7 Å². The summed E-state index contributed by atoms with van der Waals surface area (Å²) in [7, 11) is 5.98. The number of aliphatic carboxylic acids is 1. The third kappa shape index (κ3) is 3.77. The minimum absolute atomic E-state index is 0.344. The molecule has 1 unspecified atom stereocenters. The molecule has 1 aliphatic heterocycles. The first kappa shape index (κ1) is 12.4. The number of carboxylic acids is 1. The van der Waals surface area contributed by atoms with Gasteiger partial charge < -0.3 is 14.9 Å². The van der Waals surface area contributed by atoms with Gasteiger partial charge in [0.15, 0.2) is 0 Å². The minimum Gasteiger partial charge on any atom is -0.480 e. The van der Waals surface area contributed by atoms with Gasteiger partial charge in [0.05, 0.1) is 0 Å². The second kappa shape index (κ2) is 5.44. The number of carboxylic acid groups (broad SMARTS) is 1. The highest BCUT2D eigenvalue weighted by atomic mass is 16.4. The SMILES string of the molecule is CN(C)CCN1CCN(C)CC1C(=O)O. The van der Waals surface area contributed by atoms with Crippen LogP contribution in [-0.4, -0.2) is 85.7 Å². The Morgan fingerprint density at radius 2 is 2.13 bits per heavy atom. The van der Waals surface area contributed by atoms with Gasteiger partial charge in [0.25, 0.3) is 0 Å². The van der Waals surface area contributed by atoms with E-state index in [1.165, 1.54) is 0 Å². The smallest absolute Gasteiger partial charge is 0.322 e. The van der Waals surface area contributed by atoms with Gasteiger partial charge in [-0.15, -0.1) is 0 Å². The number of nitrogens with zero attached hydrogens (tertiary/aromatic N) is 3. The summed E-state index contributed by atoms with van der Waals surface area (Å²) in [6, 6.07) is -0.344. The Balaban J connectivity index is 2.49. The molecule has 1 rings (SSSR count). The fourth-order valence-corrected chi connectivity index (χ4v) is 1.79. The van der Waals surface area contributed by atoms with Crippen LogP contribution in [0.15, 0.2) is 0 Å². The predicted molar refractivity (Wildman–Crippen MR) is 59.0 cm³/mol. The summed E-state index contributed by atoms with van der Waals surface area (Å²) in [5.41, 5.74) is 0. The number of rotatable bonds is 4. The van der Waals surface area contributed by atoms with E-state index in [4.69, 9.17) is 5.11 Å². The molecular weight excluding hydrogens is 194 g/mol. The van der Waals surface area contributed by atoms with Crippen LogP contribution >= 0.6 is 0 Å². The Morgan fingerprint density at radius 1 is 1.47 bits per heavy atom. The number of piperazine rings is 1. The first-order chi connectivity index (χ1) is 7.00. The van der Waals surface area contributed by atoms with Crippen molar-refractivity contribution < 1.29 is 9.90 Å². The molecule has 5 heteroatoms. The second-order valence-corrected chi connectivity index (χ2v) is 4.46. The van der Waals surface area contributed by atoms with Crippen LogP contribution in [0.25, 0.3) is 0 Å². The van der Waals surface area contributed by atoms with Crippen LogP contribution in [0.1, 0.15) is 0 Å². The fourth-order valence-electron chi connectivity index (χ4n) is 1.79. The average molecular weight is 215 g/mol. The fraction of sp³-hybridized carbons (Fsp3) is 0.900. The molecule has 0 spiro atoms. The lowest BCUT2D eigenvalue weighted by atomic mass is 10.1. The van der Waals surface area contributed by atoms with Gasteiger partial charge in [-0.3, -0.25) is 9.69 Å². The van der Waals surface area contributed by atoms with E-state index >= 15 is 0 Å². The van der Waals surface area contributed by atoms with Crippen LogP contribution < -0.4 is 0 Å². The Kier molecular flexibility index (Phi) is 4.50. The summed E-state index contributed by atoms with van der Waals surface area (Å²) in [6.45, 7) is 4.17. The van der Waals surface area contributed by atoms with E-state index in [2.05, 4.69) is 14.7 Å². The molecule has 1 aliphatic rings. The van der Waals surface area contributed by atoms with Crippen molar-refractivity contribution in [3.8, 4) is 0 Å². The molecule has 1 N–H and O–H groups in total. The Labute approximate surface area is 91.3 Å². The van der Waals surface area contributed by atoms with Gasteiger partial charge >= 0.3 is 5.97 Å². The largest absolute Gasteiger partial charge is 0.480 e. The van der Waals surface area contributed by atoms with Crippen molar-refractivity contribution in [3.63, 3.8) is 0 Å². The van der Waals surface area contributed by atoms with Crippen molar-refractivity contribution in [1.29, 1.82) is 0 Å². The van der Waals surface area contributed by atoms with Crippen LogP contribution in [0, 0.1) is 0 Å². The third-order valence-electron chi connectivity index (χ3n) is 2.81. The number of likely N-dealkylation sites (N-methyl/N-ethyl adjacent to an activating group) is 2. The van der Waals surface area contributed by atoms with E-state index in [1.54, 1.807) is 0 Å². The first-order valence-electron chi connectivity index (χ1n) is 5.31. The molecule has 0 aliphatic carbocycles. The Hall–Kier alpha value is -0.650. The summed E-state index contributed by atoms with van der Waals surface area (Å²) < 4.78 is 0. The van der Waals surface area contributed by atoms with Gasteiger partial charge in [-0.05, 0) is 21.1 Å². The van der Waals surface area contributed by atoms with E-state index in [0.29, 0.717) is 6.54 Å². The lowest BCUT2D eigenvalue weighted by Gasteiger charge is -2.38. The first-order valence-corrected chi connectivity index (χ1v) is 5.31. The van der Waals surface area contributed by atoms with Crippen molar-refractivity contribution in [2.75, 3.05) is 53.9 Å². The summed E-state index contributed by atoms with van der Waals surface area (Å²) in [6.07, 6.45) is 0. The van der Waals surface area contributed by atoms with Gasteiger partial charge in [-0.2, -0.15) is 0 Å². The number of carbonyl (C=O) groups is 1. The van der Waals surface area contributed by atoms with Crippen LogP contribution in [0.5, 0.6) is 0 Å². The molecule has 0 aromatic rings. The predicted octanol–water partition coefficient (Wildman–Crippen LogP) is -0.751. The molecule has 15 heavy (non-hydrogen) atoms. The van der Waals surface area contributed by atoms with Crippen LogP contribution in [0.3, 0.4) is 0 Å². The molecule has 5 nitrogen and oxygen atoms in total. The Bertz CT molecular complexity index is 221. The molecule has 1 atom stereocenters. The molecule has 1 saturated heterocycles. The highest BCUT2D eigenvalue weighted by molar-refractivity contribution is 5.73. The molecule has 0 aromatic heterocycles. The molecule has 0 bridgehead atoms. The molecule has 88 valence electrons. The second-order valence-electron chi connectivity index (χ2n) is 4.46. The highest BCUT2D eigenvalue weighted by Crippen LogP contribution is 2.08. The summed E-state index contributed by atoms with van der Waals surface area (Å²) >= 11 is 0. The van der Waals surface area contributed by atoms with Gasteiger partial charge in [-0.1, -0.05) is 0 Å². The summed E-state index contributed by atoms with van der Waals surface area (Å²) in [5.74, 6) is -0.708. The van der Waals surface area contributed by atoms with E-state index < -0.39 is 5.97 Å². The maximum Gasteiger partial charge on any atom is 0.322 e. The van der Waals surface area contributed by atoms with Gasteiger partial charge in [-0.25, -0.2) is 0 Å². The minimum atomic E-state index is -0.708. The maximum absolute atomic E-state index is 11.1. The molecule has 0 saturated carbocycles. The van der Waals surface area contributed by atoms with E-state index in [-0.39, 0.29) is 6.04 Å². The van der Waals surface area contributed by atoms with Crippen LogP contribution in [0.2, 0.25) is 0 Å². The molecule has 0 radical (unpaired) electrons. The van der Waals surface area contributed by atoms with E-state index in [1.807, 2.05) is 21.1 Å². The van der Waals surface area contributed by atoms with Crippen LogP contribution in [-0.2, 0) is 4.79 Å². The maximum atomic E-state index is 11.1. The molecule has 0 amide bonds. The normalized spacial score (nSPS) is 24.7.